The van der Waals surface area contributed by atoms with Crippen molar-refractivity contribution in [2.24, 2.45) is 7.05 Å². The largest absolute Gasteiger partial charge is 0.469 e. The molecule has 8 nitrogen and oxygen atoms in total. The van der Waals surface area contributed by atoms with E-state index < -0.39 is 0 Å². The van der Waals surface area contributed by atoms with E-state index in [0.717, 1.165) is 11.3 Å². The number of furan rings is 1. The van der Waals surface area contributed by atoms with Crippen molar-refractivity contribution in [1.29, 1.82) is 0 Å². The first-order chi connectivity index (χ1) is 11.0. The highest BCUT2D eigenvalue weighted by Gasteiger charge is 2.16. The highest BCUT2D eigenvalue weighted by molar-refractivity contribution is 7.99. The van der Waals surface area contributed by atoms with Crippen LogP contribution >= 0.6 is 11.8 Å². The molecule has 120 valence electrons. The molecule has 0 atom stereocenters. The van der Waals surface area contributed by atoms with Crippen LogP contribution in [0.4, 0.5) is 5.88 Å². The standard InChI is InChI=1S/C14H15N5O3S/c1-8-6-12(22-18-8)15-11(20)7-23-14-17-16-13(19(14)3)10-4-5-21-9(10)2/h4-6H,7H2,1-3H3,(H,15,20). The number of carbonyl (C=O) groups is 1. The van der Waals surface area contributed by atoms with Gasteiger partial charge in [0, 0.05) is 13.1 Å². The molecule has 9 heteroatoms. The first-order valence-corrected chi connectivity index (χ1v) is 7.83. The minimum atomic E-state index is -0.199. The molecule has 0 aliphatic rings. The van der Waals surface area contributed by atoms with Crippen LogP contribution in [0.3, 0.4) is 0 Å². The minimum Gasteiger partial charge on any atom is -0.469 e. The van der Waals surface area contributed by atoms with E-state index in [1.807, 2.05) is 24.6 Å². The van der Waals surface area contributed by atoms with Gasteiger partial charge in [-0.1, -0.05) is 16.9 Å². The number of amides is 1. The van der Waals surface area contributed by atoms with Crippen LogP contribution in [0.1, 0.15) is 11.5 Å². The number of carbonyl (C=O) groups excluding carboxylic acids is 1. The Hall–Kier alpha value is -2.55. The maximum absolute atomic E-state index is 11.9. The van der Waals surface area contributed by atoms with Gasteiger partial charge in [0.05, 0.1) is 23.3 Å². The van der Waals surface area contributed by atoms with E-state index in [2.05, 4.69) is 20.7 Å². The van der Waals surface area contributed by atoms with Crippen LogP contribution in [0.15, 0.2) is 32.5 Å². The quantitative estimate of drug-likeness (QED) is 0.716. The Balaban J connectivity index is 1.64. The van der Waals surface area contributed by atoms with Crippen molar-refractivity contribution in [3.63, 3.8) is 0 Å². The second kappa shape index (κ2) is 6.29. The zero-order valence-corrected chi connectivity index (χ0v) is 13.7. The summed E-state index contributed by atoms with van der Waals surface area (Å²) >= 11 is 1.29. The van der Waals surface area contributed by atoms with Crippen molar-refractivity contribution < 1.29 is 13.7 Å². The topological polar surface area (TPSA) is 99.0 Å². The van der Waals surface area contributed by atoms with Gasteiger partial charge < -0.3 is 13.5 Å². The number of hydrogen-bond acceptors (Lipinski definition) is 7. The van der Waals surface area contributed by atoms with Gasteiger partial charge in [0.25, 0.3) is 0 Å². The Bertz CT molecular complexity index is 835. The third kappa shape index (κ3) is 3.29. The summed E-state index contributed by atoms with van der Waals surface area (Å²) in [5.74, 6) is 1.80. The number of nitrogens with one attached hydrogen (secondary N) is 1. The normalized spacial score (nSPS) is 10.9. The van der Waals surface area contributed by atoms with E-state index in [0.29, 0.717) is 22.6 Å². The van der Waals surface area contributed by atoms with Crippen LogP contribution < -0.4 is 5.32 Å². The molecule has 0 unspecified atom stereocenters. The molecular weight excluding hydrogens is 318 g/mol. The lowest BCUT2D eigenvalue weighted by Crippen LogP contribution is -2.14. The number of aryl methyl sites for hydroxylation is 2. The van der Waals surface area contributed by atoms with Crippen LogP contribution in [0.2, 0.25) is 0 Å². The molecule has 3 aromatic heterocycles. The molecule has 0 radical (unpaired) electrons. The summed E-state index contributed by atoms with van der Waals surface area (Å²) in [5, 5.41) is 15.3. The zero-order chi connectivity index (χ0) is 16.4. The second-order valence-corrected chi connectivity index (χ2v) is 5.87. The monoisotopic (exact) mass is 333 g/mol. The number of nitrogens with zero attached hydrogens (tertiary/aromatic N) is 4. The SMILES string of the molecule is Cc1cc(NC(=O)CSc2nnc(-c3ccoc3C)n2C)on1. The summed E-state index contributed by atoms with van der Waals surface area (Å²) in [6, 6.07) is 3.50. The molecule has 0 saturated carbocycles. The summed E-state index contributed by atoms with van der Waals surface area (Å²) in [6.07, 6.45) is 1.61. The molecule has 3 heterocycles. The summed E-state index contributed by atoms with van der Waals surface area (Å²) in [6.45, 7) is 3.65. The molecule has 0 aromatic carbocycles. The Labute approximate surface area is 136 Å². The summed E-state index contributed by atoms with van der Waals surface area (Å²) in [5.41, 5.74) is 1.59. The first-order valence-electron chi connectivity index (χ1n) is 6.84. The average molecular weight is 333 g/mol. The van der Waals surface area contributed by atoms with Crippen molar-refractivity contribution >= 4 is 23.6 Å². The third-order valence-corrected chi connectivity index (χ3v) is 4.18. The number of anilines is 1. The smallest absolute Gasteiger partial charge is 0.237 e. The predicted octanol–water partition coefficient (Wildman–Crippen LogP) is 2.41. The van der Waals surface area contributed by atoms with Crippen molar-refractivity contribution in [2.45, 2.75) is 19.0 Å². The van der Waals surface area contributed by atoms with Gasteiger partial charge in [0.1, 0.15) is 5.76 Å². The fourth-order valence-corrected chi connectivity index (χ4v) is 2.73. The molecule has 3 aromatic rings. The summed E-state index contributed by atoms with van der Waals surface area (Å²) in [4.78, 5) is 11.9. The number of rotatable bonds is 5. The van der Waals surface area contributed by atoms with Crippen LogP contribution in [0, 0.1) is 13.8 Å². The van der Waals surface area contributed by atoms with Gasteiger partial charge in [-0.05, 0) is 19.9 Å². The fourth-order valence-electron chi connectivity index (χ4n) is 2.02. The van der Waals surface area contributed by atoms with Crippen molar-refractivity contribution in [1.82, 2.24) is 19.9 Å². The molecule has 0 aliphatic heterocycles. The molecule has 23 heavy (non-hydrogen) atoms. The van der Waals surface area contributed by atoms with E-state index in [1.54, 1.807) is 19.3 Å². The Morgan fingerprint density at radius 3 is 2.87 bits per heavy atom. The Morgan fingerprint density at radius 2 is 2.22 bits per heavy atom. The van der Waals surface area contributed by atoms with Gasteiger partial charge in [0.2, 0.25) is 11.8 Å². The van der Waals surface area contributed by atoms with Gasteiger partial charge in [-0.3, -0.25) is 10.1 Å². The van der Waals surface area contributed by atoms with Gasteiger partial charge in [-0.15, -0.1) is 10.2 Å². The molecule has 0 spiro atoms. The lowest BCUT2D eigenvalue weighted by atomic mass is 10.2. The lowest BCUT2D eigenvalue weighted by molar-refractivity contribution is -0.113. The number of hydrogen-bond donors (Lipinski definition) is 1. The average Bonchev–Trinajstić information content (AvgIpc) is 3.19. The highest BCUT2D eigenvalue weighted by Crippen LogP contribution is 2.25. The Kier molecular flexibility index (Phi) is 4.20. The van der Waals surface area contributed by atoms with E-state index in [-0.39, 0.29) is 11.7 Å². The van der Waals surface area contributed by atoms with Gasteiger partial charge in [0.15, 0.2) is 11.0 Å². The summed E-state index contributed by atoms with van der Waals surface area (Å²) in [7, 11) is 1.85. The zero-order valence-electron chi connectivity index (χ0n) is 12.9. The van der Waals surface area contributed by atoms with Crippen LogP contribution in [0.5, 0.6) is 0 Å². The number of thioether (sulfide) groups is 1. The first kappa shape index (κ1) is 15.3. The van der Waals surface area contributed by atoms with Crippen LogP contribution in [0.25, 0.3) is 11.4 Å². The molecular formula is C14H15N5O3S. The van der Waals surface area contributed by atoms with E-state index in [4.69, 9.17) is 8.94 Å². The predicted molar refractivity (Wildman–Crippen MR) is 84.0 cm³/mol. The molecule has 3 rings (SSSR count). The maximum atomic E-state index is 11.9. The van der Waals surface area contributed by atoms with Crippen molar-refractivity contribution in [2.75, 3.05) is 11.1 Å². The molecule has 1 N–H and O–H groups in total. The molecule has 0 saturated heterocycles. The van der Waals surface area contributed by atoms with Gasteiger partial charge >= 0.3 is 0 Å². The van der Waals surface area contributed by atoms with Gasteiger partial charge in [-0.2, -0.15) is 0 Å². The molecule has 0 fully saturated rings. The highest BCUT2D eigenvalue weighted by atomic mass is 32.2. The van der Waals surface area contributed by atoms with Crippen LogP contribution in [-0.4, -0.2) is 31.6 Å². The van der Waals surface area contributed by atoms with Crippen molar-refractivity contribution in [3.8, 4) is 11.4 Å². The lowest BCUT2D eigenvalue weighted by Gasteiger charge is -2.03. The van der Waals surface area contributed by atoms with E-state index >= 15 is 0 Å². The summed E-state index contributed by atoms with van der Waals surface area (Å²) < 4.78 is 12.1. The maximum Gasteiger partial charge on any atom is 0.237 e. The Morgan fingerprint density at radius 1 is 1.39 bits per heavy atom. The fraction of sp³-hybridized carbons (Fsp3) is 0.286. The van der Waals surface area contributed by atoms with E-state index in [9.17, 15) is 4.79 Å². The molecule has 0 aliphatic carbocycles. The van der Waals surface area contributed by atoms with E-state index in [1.165, 1.54) is 11.8 Å². The van der Waals surface area contributed by atoms with Gasteiger partial charge in [-0.25, -0.2) is 0 Å². The molecule has 1 amide bonds. The molecule has 0 bridgehead atoms. The van der Waals surface area contributed by atoms with Crippen molar-refractivity contribution in [3.05, 3.63) is 29.9 Å². The van der Waals surface area contributed by atoms with Crippen LogP contribution in [-0.2, 0) is 11.8 Å². The number of aromatic nitrogens is 4. The third-order valence-electron chi connectivity index (χ3n) is 3.16. The second-order valence-electron chi connectivity index (χ2n) is 4.93. The minimum absolute atomic E-state index is 0.191.